The zero-order chi connectivity index (χ0) is 60.6. The van der Waals surface area contributed by atoms with Crippen molar-refractivity contribution in [1.29, 1.82) is 0 Å². The van der Waals surface area contributed by atoms with Crippen LogP contribution in [0.2, 0.25) is 0 Å². The lowest BCUT2D eigenvalue weighted by molar-refractivity contribution is -0.143. The molecule has 0 aromatic heterocycles. The number of amides is 1. The second kappa shape index (κ2) is 73.8. The number of allylic oxidation sites excluding steroid dienone is 3. The van der Waals surface area contributed by atoms with E-state index >= 15 is 0 Å². The smallest absolute Gasteiger partial charge is 0.305 e. The van der Waals surface area contributed by atoms with E-state index in [1.807, 2.05) is 6.08 Å². The molecule has 0 heterocycles. The van der Waals surface area contributed by atoms with Gasteiger partial charge in [0.1, 0.15) is 0 Å². The minimum atomic E-state index is -0.842. The molecular weight excluding hydrogens is 1030 g/mol. The first kappa shape index (κ1) is 82.3. The first-order valence-electron chi connectivity index (χ1n) is 38.6. The molecule has 0 aliphatic rings. The van der Waals surface area contributed by atoms with Gasteiger partial charge in [-0.15, -0.1) is 0 Å². The van der Waals surface area contributed by atoms with Crippen LogP contribution in [-0.4, -0.2) is 47.4 Å². The summed E-state index contributed by atoms with van der Waals surface area (Å²) in [5.74, 6) is -0.0414. The zero-order valence-electron chi connectivity index (χ0n) is 57.2. The third kappa shape index (κ3) is 69.4. The number of rotatable bonds is 73. The molecule has 0 spiro atoms. The van der Waals surface area contributed by atoms with Crippen molar-refractivity contribution in [3.8, 4) is 0 Å². The fourth-order valence-corrected chi connectivity index (χ4v) is 12.3. The Morgan fingerprint density at radius 1 is 0.321 bits per heavy atom. The third-order valence-electron chi connectivity index (χ3n) is 18.2. The summed E-state index contributed by atoms with van der Waals surface area (Å²) in [5.41, 5.74) is 0. The highest BCUT2D eigenvalue weighted by molar-refractivity contribution is 5.76. The van der Waals surface area contributed by atoms with E-state index in [0.29, 0.717) is 19.4 Å². The average Bonchev–Trinajstić information content (AvgIpc) is 3.52. The Balaban J connectivity index is 3.33. The second-order valence-corrected chi connectivity index (χ2v) is 26.7. The van der Waals surface area contributed by atoms with E-state index in [1.54, 1.807) is 6.08 Å². The van der Waals surface area contributed by atoms with Crippen LogP contribution in [0.1, 0.15) is 438 Å². The van der Waals surface area contributed by atoms with Gasteiger partial charge in [-0.2, -0.15) is 0 Å². The van der Waals surface area contributed by atoms with Gasteiger partial charge in [0.2, 0.25) is 5.91 Å². The molecule has 0 saturated carbocycles. The number of nitrogens with one attached hydrogen (secondary N) is 1. The highest BCUT2D eigenvalue weighted by Gasteiger charge is 2.18. The Bertz CT molecular complexity index is 1320. The van der Waals surface area contributed by atoms with Crippen LogP contribution in [-0.2, 0) is 14.3 Å². The fourth-order valence-electron chi connectivity index (χ4n) is 12.3. The molecule has 3 N–H and O–H groups in total. The molecule has 6 heteroatoms. The summed E-state index contributed by atoms with van der Waals surface area (Å²) in [6.45, 7) is 4.95. The molecule has 2 atom stereocenters. The third-order valence-corrected chi connectivity index (χ3v) is 18.2. The first-order chi connectivity index (χ1) is 41.5. The predicted octanol–water partition coefficient (Wildman–Crippen LogP) is 25.3. The van der Waals surface area contributed by atoms with Gasteiger partial charge in [-0.1, -0.05) is 391 Å². The van der Waals surface area contributed by atoms with Gasteiger partial charge in [0, 0.05) is 12.8 Å². The minimum Gasteiger partial charge on any atom is -0.466 e. The van der Waals surface area contributed by atoms with Crippen molar-refractivity contribution < 1.29 is 24.5 Å². The summed E-state index contributed by atoms with van der Waals surface area (Å²) >= 11 is 0. The highest BCUT2D eigenvalue weighted by atomic mass is 16.5. The van der Waals surface area contributed by atoms with Crippen LogP contribution < -0.4 is 5.32 Å². The Hall–Kier alpha value is -1.66. The van der Waals surface area contributed by atoms with Crippen molar-refractivity contribution in [2.24, 2.45) is 0 Å². The van der Waals surface area contributed by atoms with E-state index in [0.717, 1.165) is 44.9 Å². The Labute approximate surface area is 526 Å². The van der Waals surface area contributed by atoms with Gasteiger partial charge in [0.25, 0.3) is 0 Å². The Morgan fingerprint density at radius 3 is 0.845 bits per heavy atom. The number of aliphatic hydroxyl groups excluding tert-OH is 2. The topological polar surface area (TPSA) is 95.9 Å². The van der Waals surface area contributed by atoms with E-state index < -0.39 is 12.1 Å². The molecule has 6 nitrogen and oxygen atoms in total. The maximum absolute atomic E-state index is 12.5. The van der Waals surface area contributed by atoms with Gasteiger partial charge < -0.3 is 20.3 Å². The van der Waals surface area contributed by atoms with Crippen molar-refractivity contribution in [3.05, 3.63) is 24.3 Å². The summed E-state index contributed by atoms with van der Waals surface area (Å²) in [7, 11) is 0. The molecule has 2 unspecified atom stereocenters. The standard InChI is InChI=1S/C78H151NO5/c1-3-5-7-9-11-13-15-17-19-21-38-42-46-50-54-58-62-66-70-76(81)75(74-80)79-77(82)71-67-63-59-55-51-47-43-39-36-34-32-30-28-26-24-23-25-27-29-31-33-35-37-41-45-49-53-57-61-65-69-73-84-78(83)72-68-64-60-56-52-48-44-40-22-20-18-16-14-12-10-8-6-4-2/h20,22,66,70,75-76,80-81H,3-19,21,23-65,67-69,71-74H2,1-2H3,(H,79,82)/b22-20-,70-66+. The maximum atomic E-state index is 12.5. The molecule has 0 aromatic carbocycles. The van der Waals surface area contributed by atoms with E-state index in [-0.39, 0.29) is 18.5 Å². The normalized spacial score (nSPS) is 12.6. The summed E-state index contributed by atoms with van der Waals surface area (Å²) in [4.78, 5) is 24.6. The highest BCUT2D eigenvalue weighted by Crippen LogP contribution is 2.20. The molecule has 84 heavy (non-hydrogen) atoms. The molecule has 0 rings (SSSR count). The average molecular weight is 1180 g/mol. The number of hydrogen-bond donors (Lipinski definition) is 3. The van der Waals surface area contributed by atoms with Crippen LogP contribution >= 0.6 is 0 Å². The van der Waals surface area contributed by atoms with E-state index in [1.165, 1.54) is 366 Å². The van der Waals surface area contributed by atoms with Gasteiger partial charge in [0.05, 0.1) is 25.4 Å². The Morgan fingerprint density at radius 2 is 0.560 bits per heavy atom. The van der Waals surface area contributed by atoms with Gasteiger partial charge in [-0.25, -0.2) is 0 Å². The van der Waals surface area contributed by atoms with Crippen molar-refractivity contribution in [2.45, 2.75) is 450 Å². The molecule has 0 aliphatic heterocycles. The SMILES string of the molecule is CCCCCCCCC/C=C\CCCCCCCCCC(=O)OCCCCCCCCCCCCCCCCCCCCCCCCCCCCCCCCCC(=O)NC(CO)C(O)/C=C/CCCCCCCCCCCCCCCCCC. The van der Waals surface area contributed by atoms with Crippen LogP contribution in [0.4, 0.5) is 0 Å². The predicted molar refractivity (Wildman–Crippen MR) is 370 cm³/mol. The van der Waals surface area contributed by atoms with E-state index in [2.05, 4.69) is 31.3 Å². The number of aliphatic hydroxyl groups is 2. The zero-order valence-corrected chi connectivity index (χ0v) is 57.2. The molecule has 0 bridgehead atoms. The fraction of sp³-hybridized carbons (Fsp3) is 0.923. The maximum Gasteiger partial charge on any atom is 0.305 e. The molecule has 0 aliphatic carbocycles. The van der Waals surface area contributed by atoms with Crippen molar-refractivity contribution in [2.75, 3.05) is 13.2 Å². The summed E-state index contributed by atoms with van der Waals surface area (Å²) in [6.07, 6.45) is 94.3. The lowest BCUT2D eigenvalue weighted by Crippen LogP contribution is -2.45. The van der Waals surface area contributed by atoms with Crippen LogP contribution in [0.3, 0.4) is 0 Å². The van der Waals surface area contributed by atoms with Gasteiger partial charge in [0.15, 0.2) is 0 Å². The molecular formula is C78H151NO5. The monoisotopic (exact) mass is 1180 g/mol. The van der Waals surface area contributed by atoms with E-state index in [4.69, 9.17) is 4.74 Å². The molecule has 0 radical (unpaired) electrons. The van der Waals surface area contributed by atoms with Crippen molar-refractivity contribution in [1.82, 2.24) is 5.32 Å². The van der Waals surface area contributed by atoms with Gasteiger partial charge >= 0.3 is 5.97 Å². The van der Waals surface area contributed by atoms with Gasteiger partial charge in [-0.3, -0.25) is 9.59 Å². The number of unbranched alkanes of at least 4 members (excludes halogenated alkanes) is 60. The van der Waals surface area contributed by atoms with Crippen molar-refractivity contribution in [3.63, 3.8) is 0 Å². The van der Waals surface area contributed by atoms with Crippen molar-refractivity contribution >= 4 is 11.9 Å². The molecule has 0 aromatic rings. The number of hydrogen-bond acceptors (Lipinski definition) is 5. The lowest BCUT2D eigenvalue weighted by Gasteiger charge is -2.20. The summed E-state index contributed by atoms with van der Waals surface area (Å²) in [5, 5.41) is 23.2. The molecule has 0 saturated heterocycles. The number of carbonyl (C=O) groups excluding carboxylic acids is 2. The minimum absolute atomic E-state index is 0.0184. The van der Waals surface area contributed by atoms with Crippen LogP contribution in [0.15, 0.2) is 24.3 Å². The number of ether oxygens (including phenoxy) is 1. The number of esters is 1. The lowest BCUT2D eigenvalue weighted by atomic mass is 10.0. The van der Waals surface area contributed by atoms with Crippen LogP contribution in [0.25, 0.3) is 0 Å². The molecule has 0 fully saturated rings. The molecule has 1 amide bonds. The second-order valence-electron chi connectivity index (χ2n) is 26.7. The summed E-state index contributed by atoms with van der Waals surface area (Å²) in [6, 6.07) is -0.625. The first-order valence-corrected chi connectivity index (χ1v) is 38.6. The summed E-state index contributed by atoms with van der Waals surface area (Å²) < 4.78 is 5.51. The van der Waals surface area contributed by atoms with Crippen LogP contribution in [0.5, 0.6) is 0 Å². The van der Waals surface area contributed by atoms with E-state index in [9.17, 15) is 19.8 Å². The largest absolute Gasteiger partial charge is 0.466 e. The quantitative estimate of drug-likeness (QED) is 0.0320. The molecule has 498 valence electrons. The van der Waals surface area contributed by atoms with Gasteiger partial charge in [-0.05, 0) is 57.8 Å². The van der Waals surface area contributed by atoms with Crippen LogP contribution in [0, 0.1) is 0 Å². The number of carbonyl (C=O) groups is 2. The Kier molecular flexibility index (Phi) is 72.3.